The van der Waals surface area contributed by atoms with Gasteiger partial charge in [0.05, 0.1) is 51.1 Å². The van der Waals surface area contributed by atoms with Crippen LogP contribution in [0.4, 0.5) is 0 Å². The molecule has 0 spiro atoms. The molecule has 1 saturated heterocycles. The molecular formula is C24H30B8N2O4. The van der Waals surface area contributed by atoms with Crippen LogP contribution in [-0.4, -0.2) is 111 Å². The Hall–Kier alpha value is -1.27. The van der Waals surface area contributed by atoms with Gasteiger partial charge in [-0.1, -0.05) is 43.8 Å². The first-order valence-electron chi connectivity index (χ1n) is 12.6. The molecule has 1 fully saturated rings. The SMILES string of the molecule is [B]c1c(OC)c(OC)c([B])c2c1C1([B])CC([B])(OC(=O)[C@@H](N)C(C)C)C(CC(C)C)CN1C([B])([B])C2([B])[B]. The van der Waals surface area contributed by atoms with E-state index in [1.54, 1.807) is 4.90 Å². The van der Waals surface area contributed by atoms with E-state index < -0.39 is 39.4 Å². The summed E-state index contributed by atoms with van der Waals surface area (Å²) in [4.78, 5) is 14.7. The van der Waals surface area contributed by atoms with Gasteiger partial charge in [0.2, 0.25) is 0 Å². The molecule has 184 valence electrons. The molecule has 3 rings (SSSR count). The van der Waals surface area contributed by atoms with Gasteiger partial charge in [-0.05, 0) is 41.2 Å². The summed E-state index contributed by atoms with van der Waals surface area (Å²) in [6.45, 7) is 7.73. The highest BCUT2D eigenvalue weighted by molar-refractivity contribution is 6.57. The number of rotatable bonds is 7. The predicted molar refractivity (Wildman–Crippen MR) is 157 cm³/mol. The van der Waals surface area contributed by atoms with Gasteiger partial charge in [-0.3, -0.25) is 4.79 Å². The minimum Gasteiger partial charge on any atom is -0.494 e. The minimum atomic E-state index is -1.95. The molecule has 2 aliphatic heterocycles. The lowest BCUT2D eigenvalue weighted by atomic mass is 9.26. The van der Waals surface area contributed by atoms with Gasteiger partial charge in [-0.15, -0.1) is 0 Å². The number of nitrogens with two attached hydrogens (primary N) is 1. The average Bonchev–Trinajstić information content (AvgIpc) is 2.79. The first-order chi connectivity index (χ1) is 17.3. The lowest BCUT2D eigenvalue weighted by molar-refractivity contribution is -0.170. The van der Waals surface area contributed by atoms with Crippen molar-refractivity contribution in [2.24, 2.45) is 23.5 Å². The van der Waals surface area contributed by atoms with E-state index in [0.29, 0.717) is 6.42 Å². The normalized spacial score (nSPS) is 28.8. The van der Waals surface area contributed by atoms with Crippen LogP contribution in [0.2, 0.25) is 0 Å². The van der Waals surface area contributed by atoms with Gasteiger partial charge in [-0.2, -0.15) is 0 Å². The third-order valence-electron chi connectivity index (χ3n) is 8.01. The van der Waals surface area contributed by atoms with Crippen LogP contribution in [0.1, 0.15) is 51.7 Å². The number of carbonyl (C=O) groups excluding carboxylic acids is 1. The molecule has 3 unspecified atom stereocenters. The smallest absolute Gasteiger partial charge is 0.322 e. The summed E-state index contributed by atoms with van der Waals surface area (Å²) in [5.41, 5.74) is 3.26. The van der Waals surface area contributed by atoms with E-state index in [4.69, 9.17) is 82.7 Å². The van der Waals surface area contributed by atoms with Crippen LogP contribution in [0.5, 0.6) is 11.5 Å². The zero-order valence-electron chi connectivity index (χ0n) is 23.2. The highest BCUT2D eigenvalue weighted by atomic mass is 16.6. The van der Waals surface area contributed by atoms with E-state index in [9.17, 15) is 4.79 Å². The maximum atomic E-state index is 13.1. The van der Waals surface area contributed by atoms with Gasteiger partial charge in [0.25, 0.3) is 0 Å². The second-order valence-corrected chi connectivity index (χ2v) is 11.5. The Bertz CT molecular complexity index is 1100. The first-order valence-corrected chi connectivity index (χ1v) is 12.6. The summed E-state index contributed by atoms with van der Waals surface area (Å²) >= 11 is 0. The fraction of sp³-hybridized carbons (Fsp3) is 0.708. The fourth-order valence-corrected chi connectivity index (χ4v) is 5.84. The molecule has 1 aromatic rings. The lowest BCUT2D eigenvalue weighted by Gasteiger charge is -2.70. The van der Waals surface area contributed by atoms with Crippen molar-refractivity contribution in [3.63, 3.8) is 0 Å². The molecule has 2 aliphatic rings. The molecule has 1 aromatic carbocycles. The van der Waals surface area contributed by atoms with E-state index in [1.807, 2.05) is 27.7 Å². The second-order valence-electron chi connectivity index (χ2n) is 11.5. The number of esters is 1. The van der Waals surface area contributed by atoms with E-state index >= 15 is 0 Å². The molecule has 16 radical (unpaired) electrons. The maximum Gasteiger partial charge on any atom is 0.322 e. The minimum absolute atomic E-state index is 0.00838. The lowest BCUT2D eigenvalue weighted by Crippen LogP contribution is -2.79. The van der Waals surface area contributed by atoms with Crippen LogP contribution in [0.3, 0.4) is 0 Å². The van der Waals surface area contributed by atoms with Gasteiger partial charge in [0.15, 0.2) is 11.5 Å². The quantitative estimate of drug-likeness (QED) is 0.343. The standard InChI is InChI=1S/C24H30B8N2O4/c1-10(2)7-12-8-34-21(27,9-22(12,28)38-20(35)17(33)11(3)4)13-14(23(29,30)24(34,31)32)16(26)19(37-6)18(36-5)15(13)25/h10-12,17H,7-9,33H2,1-6H3/t12?,17-,21?,22?/m0/s1. The summed E-state index contributed by atoms with van der Waals surface area (Å²) in [6, 6.07) is -0.894. The number of hydrogen-bond donors (Lipinski definition) is 1. The topological polar surface area (TPSA) is 74.0 Å². The number of nitrogens with zero attached hydrogens (tertiary/aromatic N) is 1. The molecule has 0 aliphatic carbocycles. The Balaban J connectivity index is 2.34. The predicted octanol–water partition coefficient (Wildman–Crippen LogP) is -2.13. The highest BCUT2D eigenvalue weighted by Crippen LogP contribution is 2.54. The van der Waals surface area contributed by atoms with Gasteiger partial charge in [-0.25, -0.2) is 0 Å². The molecule has 2 heterocycles. The second kappa shape index (κ2) is 10.3. The Morgan fingerprint density at radius 3 is 1.92 bits per heavy atom. The third-order valence-corrected chi connectivity index (χ3v) is 8.01. The van der Waals surface area contributed by atoms with E-state index in [2.05, 4.69) is 0 Å². The Labute approximate surface area is 238 Å². The molecule has 0 saturated carbocycles. The van der Waals surface area contributed by atoms with Gasteiger partial charge in [0, 0.05) is 17.9 Å². The van der Waals surface area contributed by atoms with E-state index in [1.165, 1.54) is 14.2 Å². The average molecular weight is 497 g/mol. The summed E-state index contributed by atoms with van der Waals surface area (Å²) in [7, 11) is 56.7. The van der Waals surface area contributed by atoms with Crippen LogP contribution >= 0.6 is 0 Å². The van der Waals surface area contributed by atoms with Crippen LogP contribution in [0.25, 0.3) is 0 Å². The van der Waals surface area contributed by atoms with Crippen LogP contribution in [-0.2, 0) is 20.2 Å². The van der Waals surface area contributed by atoms with Crippen molar-refractivity contribution in [3.05, 3.63) is 11.1 Å². The first kappa shape index (κ1) is 31.3. The Morgan fingerprint density at radius 1 is 0.974 bits per heavy atom. The summed E-state index contributed by atoms with van der Waals surface area (Å²) in [5.74, 6) is -0.915. The summed E-state index contributed by atoms with van der Waals surface area (Å²) < 4.78 is 17.0. The molecular weight excluding hydrogens is 467 g/mol. The number of piperidine rings is 1. The Morgan fingerprint density at radius 2 is 1.47 bits per heavy atom. The monoisotopic (exact) mass is 498 g/mol. The van der Waals surface area contributed by atoms with Crippen LogP contribution in [0, 0.1) is 17.8 Å². The van der Waals surface area contributed by atoms with Crippen LogP contribution in [0.15, 0.2) is 0 Å². The van der Waals surface area contributed by atoms with E-state index in [0.717, 1.165) is 0 Å². The number of methoxy groups -OCH3 is 2. The number of ether oxygens (including phenoxy) is 3. The van der Waals surface area contributed by atoms with Crippen molar-refractivity contribution in [1.29, 1.82) is 0 Å². The summed E-state index contributed by atoms with van der Waals surface area (Å²) in [6.07, 6.45) is 0.369. The zero-order chi connectivity index (χ0) is 29.2. The van der Waals surface area contributed by atoms with Crippen molar-refractivity contribution < 1.29 is 19.0 Å². The van der Waals surface area contributed by atoms with Crippen molar-refractivity contribution in [2.75, 3.05) is 20.8 Å². The fourth-order valence-electron chi connectivity index (χ4n) is 5.84. The van der Waals surface area contributed by atoms with Crippen molar-refractivity contribution in [2.45, 2.75) is 68.1 Å². The molecule has 2 N–H and O–H groups in total. The summed E-state index contributed by atoms with van der Waals surface area (Å²) in [5, 5.41) is -3.89. The van der Waals surface area contributed by atoms with E-state index in [-0.39, 0.29) is 58.4 Å². The molecule has 0 bridgehead atoms. The number of benzene rings is 1. The molecule has 6 nitrogen and oxygen atoms in total. The van der Waals surface area contributed by atoms with Gasteiger partial charge < -0.3 is 24.8 Å². The van der Waals surface area contributed by atoms with Gasteiger partial charge >= 0.3 is 5.97 Å². The molecule has 0 amide bonds. The number of fused-ring (bicyclic) bond motifs is 3. The van der Waals surface area contributed by atoms with Crippen molar-refractivity contribution in [1.82, 2.24) is 4.90 Å². The molecule has 4 atom stereocenters. The van der Waals surface area contributed by atoms with Crippen LogP contribution < -0.4 is 26.1 Å². The molecule has 14 heteroatoms. The highest BCUT2D eigenvalue weighted by Gasteiger charge is 2.61. The number of carbonyl (C=O) groups is 1. The Kier molecular flexibility index (Phi) is 8.46. The molecule has 0 aromatic heterocycles. The molecule has 38 heavy (non-hydrogen) atoms. The van der Waals surface area contributed by atoms with Crippen molar-refractivity contribution in [3.8, 4) is 11.5 Å². The largest absolute Gasteiger partial charge is 0.494 e. The zero-order valence-corrected chi connectivity index (χ0v) is 23.2. The van der Waals surface area contributed by atoms with Gasteiger partial charge in [0.1, 0.15) is 37.4 Å². The third kappa shape index (κ3) is 4.59. The van der Waals surface area contributed by atoms with Crippen molar-refractivity contribution >= 4 is 79.7 Å². The maximum absolute atomic E-state index is 13.1. The number of hydrogen-bond acceptors (Lipinski definition) is 6.